The average molecular weight is 288 g/mol. The summed E-state index contributed by atoms with van der Waals surface area (Å²) in [5.74, 6) is -1.01. The van der Waals surface area contributed by atoms with Crippen molar-refractivity contribution in [2.24, 2.45) is 10.9 Å². The molecule has 0 spiro atoms. The SMILES string of the molecule is N/C(=N/O)c1cc(F)ccc1NS(=O)(=O)NC1CC1. The van der Waals surface area contributed by atoms with Gasteiger partial charge in [0.1, 0.15) is 5.82 Å². The van der Waals surface area contributed by atoms with Crippen LogP contribution in [0.3, 0.4) is 0 Å². The maximum atomic E-state index is 13.1. The number of anilines is 1. The Morgan fingerprint density at radius 3 is 2.74 bits per heavy atom. The number of oxime groups is 1. The number of hydrogen-bond donors (Lipinski definition) is 4. The molecule has 2 rings (SSSR count). The highest BCUT2D eigenvalue weighted by Crippen LogP contribution is 2.22. The maximum Gasteiger partial charge on any atom is 0.299 e. The Balaban J connectivity index is 2.28. The second-order valence-electron chi connectivity index (χ2n) is 4.17. The topological polar surface area (TPSA) is 117 Å². The molecule has 5 N–H and O–H groups in total. The molecule has 1 saturated carbocycles. The highest BCUT2D eigenvalue weighted by atomic mass is 32.2. The quantitative estimate of drug-likeness (QED) is 0.270. The van der Waals surface area contributed by atoms with Gasteiger partial charge in [0.25, 0.3) is 10.2 Å². The molecule has 0 amide bonds. The predicted molar refractivity (Wildman–Crippen MR) is 67.6 cm³/mol. The lowest BCUT2D eigenvalue weighted by molar-refractivity contribution is 0.318. The van der Waals surface area contributed by atoms with Crippen molar-refractivity contribution in [1.82, 2.24) is 4.72 Å². The monoisotopic (exact) mass is 288 g/mol. The average Bonchev–Trinajstić information content (AvgIpc) is 3.13. The molecule has 0 bridgehead atoms. The van der Waals surface area contributed by atoms with Gasteiger partial charge in [-0.25, -0.2) is 4.39 Å². The van der Waals surface area contributed by atoms with E-state index in [0.717, 1.165) is 25.0 Å². The van der Waals surface area contributed by atoms with Crippen molar-refractivity contribution in [2.45, 2.75) is 18.9 Å². The van der Waals surface area contributed by atoms with Crippen LogP contribution < -0.4 is 15.2 Å². The molecule has 1 aliphatic carbocycles. The fourth-order valence-electron chi connectivity index (χ4n) is 1.47. The summed E-state index contributed by atoms with van der Waals surface area (Å²) in [5.41, 5.74) is 5.37. The van der Waals surface area contributed by atoms with E-state index in [4.69, 9.17) is 10.9 Å². The van der Waals surface area contributed by atoms with Gasteiger partial charge in [0.05, 0.1) is 5.69 Å². The van der Waals surface area contributed by atoms with Gasteiger partial charge in [-0.15, -0.1) is 0 Å². The molecule has 0 heterocycles. The van der Waals surface area contributed by atoms with Crippen LogP contribution in [0.2, 0.25) is 0 Å². The van der Waals surface area contributed by atoms with Crippen LogP contribution in [0, 0.1) is 5.82 Å². The number of nitrogens with one attached hydrogen (secondary N) is 2. The van der Waals surface area contributed by atoms with Crippen LogP contribution in [-0.4, -0.2) is 25.5 Å². The zero-order valence-electron chi connectivity index (χ0n) is 9.80. The minimum atomic E-state index is -3.76. The first kappa shape index (κ1) is 13.6. The van der Waals surface area contributed by atoms with Gasteiger partial charge in [-0.3, -0.25) is 4.72 Å². The summed E-state index contributed by atoms with van der Waals surface area (Å²) in [6.07, 6.45) is 1.58. The summed E-state index contributed by atoms with van der Waals surface area (Å²) < 4.78 is 41.2. The number of amidine groups is 1. The Morgan fingerprint density at radius 2 is 2.16 bits per heavy atom. The molecule has 104 valence electrons. The Labute approximate surface area is 109 Å². The molecule has 0 atom stereocenters. The number of nitrogens with zero attached hydrogens (tertiary/aromatic N) is 1. The van der Waals surface area contributed by atoms with E-state index in [0.29, 0.717) is 0 Å². The highest BCUT2D eigenvalue weighted by molar-refractivity contribution is 7.90. The third kappa shape index (κ3) is 3.55. The molecular weight excluding hydrogens is 275 g/mol. The Hall–Kier alpha value is -1.87. The minimum absolute atomic E-state index is 0.0323. The van der Waals surface area contributed by atoms with Gasteiger partial charge < -0.3 is 10.9 Å². The van der Waals surface area contributed by atoms with Crippen LogP contribution in [0.25, 0.3) is 0 Å². The van der Waals surface area contributed by atoms with E-state index in [1.807, 2.05) is 0 Å². The van der Waals surface area contributed by atoms with Crippen LogP contribution in [0.5, 0.6) is 0 Å². The summed E-state index contributed by atoms with van der Waals surface area (Å²) in [6, 6.07) is 3.19. The summed E-state index contributed by atoms with van der Waals surface area (Å²) >= 11 is 0. The summed E-state index contributed by atoms with van der Waals surface area (Å²) in [6.45, 7) is 0. The fourth-order valence-corrected chi connectivity index (χ4v) is 2.67. The van der Waals surface area contributed by atoms with Gasteiger partial charge in [0.15, 0.2) is 5.84 Å². The molecule has 0 unspecified atom stereocenters. The Kier molecular flexibility index (Phi) is 3.58. The van der Waals surface area contributed by atoms with Crippen LogP contribution in [0.4, 0.5) is 10.1 Å². The minimum Gasteiger partial charge on any atom is -0.409 e. The van der Waals surface area contributed by atoms with Crippen LogP contribution >= 0.6 is 0 Å². The van der Waals surface area contributed by atoms with Crippen molar-refractivity contribution in [3.05, 3.63) is 29.6 Å². The van der Waals surface area contributed by atoms with Gasteiger partial charge in [0.2, 0.25) is 0 Å². The van der Waals surface area contributed by atoms with E-state index >= 15 is 0 Å². The van der Waals surface area contributed by atoms with Crippen molar-refractivity contribution in [1.29, 1.82) is 0 Å². The summed E-state index contributed by atoms with van der Waals surface area (Å²) in [4.78, 5) is 0. The zero-order valence-corrected chi connectivity index (χ0v) is 10.6. The molecule has 7 nitrogen and oxygen atoms in total. The molecule has 0 saturated heterocycles. The molecule has 1 fully saturated rings. The number of benzene rings is 1. The van der Waals surface area contributed by atoms with Crippen molar-refractivity contribution in [3.63, 3.8) is 0 Å². The van der Waals surface area contributed by atoms with Crippen molar-refractivity contribution < 1.29 is 18.0 Å². The third-order valence-corrected chi connectivity index (χ3v) is 3.64. The van der Waals surface area contributed by atoms with E-state index in [9.17, 15) is 12.8 Å². The number of rotatable bonds is 5. The van der Waals surface area contributed by atoms with Crippen molar-refractivity contribution in [2.75, 3.05) is 4.72 Å². The summed E-state index contributed by atoms with van der Waals surface area (Å²) in [7, 11) is -3.76. The first-order valence-electron chi connectivity index (χ1n) is 5.49. The van der Waals surface area contributed by atoms with Gasteiger partial charge in [-0.2, -0.15) is 13.1 Å². The molecule has 0 radical (unpaired) electrons. The normalized spacial score (nSPS) is 16.4. The molecule has 19 heavy (non-hydrogen) atoms. The lowest BCUT2D eigenvalue weighted by Gasteiger charge is -2.12. The van der Waals surface area contributed by atoms with Crippen LogP contribution in [-0.2, 0) is 10.2 Å². The highest BCUT2D eigenvalue weighted by Gasteiger charge is 2.27. The van der Waals surface area contributed by atoms with Crippen LogP contribution in [0.1, 0.15) is 18.4 Å². The van der Waals surface area contributed by atoms with E-state index < -0.39 is 16.0 Å². The van der Waals surface area contributed by atoms with Gasteiger partial charge in [-0.05, 0) is 31.0 Å². The molecule has 0 aromatic heterocycles. The number of hydrogen-bond acceptors (Lipinski definition) is 4. The van der Waals surface area contributed by atoms with Crippen molar-refractivity contribution >= 4 is 21.7 Å². The lowest BCUT2D eigenvalue weighted by atomic mass is 10.1. The fraction of sp³-hybridized carbons (Fsp3) is 0.300. The van der Waals surface area contributed by atoms with Gasteiger partial charge >= 0.3 is 0 Å². The first-order chi connectivity index (χ1) is 8.91. The largest absolute Gasteiger partial charge is 0.409 e. The Bertz CT molecular complexity index is 613. The third-order valence-electron chi connectivity index (χ3n) is 2.51. The molecule has 1 aromatic rings. The maximum absolute atomic E-state index is 13.1. The number of halogens is 1. The summed E-state index contributed by atoms with van der Waals surface area (Å²) in [5, 5.41) is 11.3. The smallest absolute Gasteiger partial charge is 0.299 e. The van der Waals surface area contributed by atoms with E-state index in [1.54, 1.807) is 0 Å². The lowest BCUT2D eigenvalue weighted by Crippen LogP contribution is -2.32. The molecule has 1 aromatic carbocycles. The molecule has 0 aliphatic heterocycles. The van der Waals surface area contributed by atoms with Crippen LogP contribution in [0.15, 0.2) is 23.4 Å². The number of nitrogens with two attached hydrogens (primary N) is 1. The molecular formula is C10H13FN4O3S. The van der Waals surface area contributed by atoms with E-state index in [2.05, 4.69) is 14.6 Å². The van der Waals surface area contributed by atoms with E-state index in [1.165, 1.54) is 6.07 Å². The first-order valence-corrected chi connectivity index (χ1v) is 6.97. The second kappa shape index (κ2) is 5.02. The Morgan fingerprint density at radius 1 is 1.47 bits per heavy atom. The molecule has 9 heteroatoms. The van der Waals surface area contributed by atoms with Gasteiger partial charge in [-0.1, -0.05) is 5.16 Å². The molecule has 1 aliphatic rings. The predicted octanol–water partition coefficient (Wildman–Crippen LogP) is 0.329. The zero-order chi connectivity index (χ0) is 14.0. The second-order valence-corrected chi connectivity index (χ2v) is 5.62. The van der Waals surface area contributed by atoms with Gasteiger partial charge in [0, 0.05) is 11.6 Å². The van der Waals surface area contributed by atoms with Crippen molar-refractivity contribution in [3.8, 4) is 0 Å². The standard InChI is InChI=1S/C10H13FN4O3S/c11-6-1-4-9(8(5-6)10(12)13-16)15-19(17,18)14-7-2-3-7/h1,4-5,7,14-16H,2-3H2,(H2,12,13). The van der Waals surface area contributed by atoms with E-state index in [-0.39, 0.29) is 23.1 Å².